The maximum atomic E-state index is 3.77. The third kappa shape index (κ3) is 2.90. The zero-order chi connectivity index (χ0) is 13.1. The zero-order valence-electron chi connectivity index (χ0n) is 11.4. The molecule has 0 saturated carbocycles. The lowest BCUT2D eigenvalue weighted by Gasteiger charge is -2.25. The van der Waals surface area contributed by atoms with E-state index in [0.29, 0.717) is 12.0 Å². The normalized spacial score (nSPS) is 19.9. The van der Waals surface area contributed by atoms with Gasteiger partial charge in [0.2, 0.25) is 0 Å². The summed E-state index contributed by atoms with van der Waals surface area (Å²) in [6, 6.07) is 13.7. The predicted molar refractivity (Wildman–Crippen MR) is 82.9 cm³/mol. The van der Waals surface area contributed by atoms with Crippen molar-refractivity contribution in [2.24, 2.45) is 0 Å². The van der Waals surface area contributed by atoms with Crippen molar-refractivity contribution >= 4 is 11.3 Å². The first-order valence-electron chi connectivity index (χ1n) is 7.19. The van der Waals surface area contributed by atoms with Crippen LogP contribution in [-0.4, -0.2) is 6.54 Å². The van der Waals surface area contributed by atoms with Crippen LogP contribution in [0.2, 0.25) is 0 Å². The Bertz CT molecular complexity index is 517. The molecule has 0 saturated heterocycles. The van der Waals surface area contributed by atoms with Crippen LogP contribution >= 0.6 is 11.3 Å². The fraction of sp³-hybridized carbons (Fsp3) is 0.412. The molecular weight excluding hydrogens is 250 g/mol. The Morgan fingerprint density at radius 1 is 1.26 bits per heavy atom. The largest absolute Gasteiger partial charge is 0.309 e. The van der Waals surface area contributed by atoms with Crippen molar-refractivity contribution in [3.63, 3.8) is 0 Å². The molecule has 0 bridgehead atoms. The number of benzene rings is 1. The number of rotatable bonds is 4. The molecule has 1 nitrogen and oxygen atoms in total. The molecule has 3 rings (SSSR count). The van der Waals surface area contributed by atoms with Crippen molar-refractivity contribution in [1.29, 1.82) is 0 Å². The molecule has 2 heteroatoms. The number of aryl methyl sites for hydroxylation is 1. The molecule has 1 aliphatic rings. The van der Waals surface area contributed by atoms with Gasteiger partial charge in [0.25, 0.3) is 0 Å². The van der Waals surface area contributed by atoms with Crippen molar-refractivity contribution in [2.45, 2.75) is 38.1 Å². The minimum absolute atomic E-state index is 0.571. The lowest BCUT2D eigenvalue weighted by molar-refractivity contribution is 0.450. The molecule has 0 fully saturated rings. The fourth-order valence-corrected chi connectivity index (χ4v) is 3.90. The summed E-state index contributed by atoms with van der Waals surface area (Å²) in [5.41, 5.74) is 2.98. The van der Waals surface area contributed by atoms with E-state index in [-0.39, 0.29) is 0 Å². The van der Waals surface area contributed by atoms with Crippen LogP contribution in [-0.2, 0) is 6.42 Å². The molecule has 1 aromatic heterocycles. The first-order valence-corrected chi connectivity index (χ1v) is 8.07. The van der Waals surface area contributed by atoms with Crippen molar-refractivity contribution < 1.29 is 0 Å². The van der Waals surface area contributed by atoms with Crippen LogP contribution in [0, 0.1) is 0 Å². The Balaban J connectivity index is 1.62. The molecule has 2 aromatic rings. The summed E-state index contributed by atoms with van der Waals surface area (Å²) >= 11 is 1.92. The first-order chi connectivity index (χ1) is 9.34. The van der Waals surface area contributed by atoms with Gasteiger partial charge in [-0.2, -0.15) is 0 Å². The van der Waals surface area contributed by atoms with E-state index in [4.69, 9.17) is 0 Å². The Labute approximate surface area is 119 Å². The summed E-state index contributed by atoms with van der Waals surface area (Å²) in [5.74, 6) is 0.574. The number of nitrogens with one attached hydrogen (secondary N) is 1. The SMILES string of the molecule is CC(CNC1CCCc2sccc21)c1ccccc1. The van der Waals surface area contributed by atoms with Crippen LogP contribution < -0.4 is 5.32 Å². The maximum Gasteiger partial charge on any atom is 0.0331 e. The van der Waals surface area contributed by atoms with E-state index in [1.54, 1.807) is 10.4 Å². The molecule has 2 unspecified atom stereocenters. The third-order valence-electron chi connectivity index (χ3n) is 4.09. The fourth-order valence-electron chi connectivity index (χ4n) is 2.92. The second-order valence-corrected chi connectivity index (χ2v) is 6.46. The van der Waals surface area contributed by atoms with Crippen LogP contribution in [0.3, 0.4) is 0 Å². The lowest BCUT2D eigenvalue weighted by Crippen LogP contribution is -2.27. The van der Waals surface area contributed by atoms with E-state index in [1.165, 1.54) is 24.8 Å². The Morgan fingerprint density at radius 3 is 2.95 bits per heavy atom. The topological polar surface area (TPSA) is 12.0 Å². The molecule has 0 radical (unpaired) electrons. The molecule has 100 valence electrons. The van der Waals surface area contributed by atoms with Crippen LogP contribution in [0.15, 0.2) is 41.8 Å². The van der Waals surface area contributed by atoms with Gasteiger partial charge in [-0.25, -0.2) is 0 Å². The highest BCUT2D eigenvalue weighted by molar-refractivity contribution is 7.10. The number of hydrogen-bond acceptors (Lipinski definition) is 2. The van der Waals surface area contributed by atoms with Crippen LogP contribution in [0.25, 0.3) is 0 Å². The molecule has 0 spiro atoms. The number of hydrogen-bond donors (Lipinski definition) is 1. The third-order valence-corrected chi connectivity index (χ3v) is 5.09. The summed E-state index contributed by atoms with van der Waals surface area (Å²) in [6.07, 6.45) is 3.88. The van der Waals surface area contributed by atoms with E-state index >= 15 is 0 Å². The molecule has 1 aromatic carbocycles. The van der Waals surface area contributed by atoms with Gasteiger partial charge in [0, 0.05) is 17.5 Å². The summed E-state index contributed by atoms with van der Waals surface area (Å²) in [7, 11) is 0. The van der Waals surface area contributed by atoms with Gasteiger partial charge in [-0.1, -0.05) is 37.3 Å². The number of thiophene rings is 1. The van der Waals surface area contributed by atoms with E-state index in [2.05, 4.69) is 54.0 Å². The minimum atomic E-state index is 0.571. The highest BCUT2D eigenvalue weighted by atomic mass is 32.1. The number of fused-ring (bicyclic) bond motifs is 1. The summed E-state index contributed by atoms with van der Waals surface area (Å²) in [4.78, 5) is 1.59. The second-order valence-electron chi connectivity index (χ2n) is 5.46. The van der Waals surface area contributed by atoms with Gasteiger partial charge in [-0.3, -0.25) is 0 Å². The van der Waals surface area contributed by atoms with E-state index in [9.17, 15) is 0 Å². The average molecular weight is 271 g/mol. The lowest BCUT2D eigenvalue weighted by atomic mass is 9.93. The Hall–Kier alpha value is -1.12. The second kappa shape index (κ2) is 5.89. The van der Waals surface area contributed by atoms with E-state index < -0.39 is 0 Å². The standard InChI is InChI=1S/C17H21NS/c1-13(14-6-3-2-4-7-14)12-18-16-8-5-9-17-15(16)10-11-19-17/h2-4,6-7,10-11,13,16,18H,5,8-9,12H2,1H3. The molecule has 19 heavy (non-hydrogen) atoms. The Kier molecular flexibility index (Phi) is 4.00. The molecule has 1 aliphatic carbocycles. The molecule has 2 atom stereocenters. The van der Waals surface area contributed by atoms with E-state index in [0.717, 1.165) is 6.54 Å². The van der Waals surface area contributed by atoms with Gasteiger partial charge in [-0.15, -0.1) is 11.3 Å². The van der Waals surface area contributed by atoms with Gasteiger partial charge in [-0.05, 0) is 47.8 Å². The summed E-state index contributed by atoms with van der Waals surface area (Å²) < 4.78 is 0. The van der Waals surface area contributed by atoms with Gasteiger partial charge in [0.15, 0.2) is 0 Å². The molecule has 0 amide bonds. The first kappa shape index (κ1) is 12.9. The summed E-state index contributed by atoms with van der Waals surface area (Å²) in [6.45, 7) is 3.36. The Morgan fingerprint density at radius 2 is 2.11 bits per heavy atom. The highest BCUT2D eigenvalue weighted by Crippen LogP contribution is 2.33. The van der Waals surface area contributed by atoms with Crippen LogP contribution in [0.5, 0.6) is 0 Å². The zero-order valence-corrected chi connectivity index (χ0v) is 12.2. The van der Waals surface area contributed by atoms with Crippen LogP contribution in [0.1, 0.15) is 47.7 Å². The molecular formula is C17H21NS. The highest BCUT2D eigenvalue weighted by Gasteiger charge is 2.21. The van der Waals surface area contributed by atoms with Crippen LogP contribution in [0.4, 0.5) is 0 Å². The van der Waals surface area contributed by atoms with Gasteiger partial charge < -0.3 is 5.32 Å². The predicted octanol–water partition coefficient (Wildman–Crippen LogP) is 4.52. The summed E-state index contributed by atoms with van der Waals surface area (Å²) in [5, 5.41) is 6.01. The average Bonchev–Trinajstić information content (AvgIpc) is 2.94. The quantitative estimate of drug-likeness (QED) is 0.862. The maximum absolute atomic E-state index is 3.77. The molecule has 1 heterocycles. The van der Waals surface area contributed by atoms with Crippen molar-refractivity contribution in [3.8, 4) is 0 Å². The molecule has 1 N–H and O–H groups in total. The van der Waals surface area contributed by atoms with Gasteiger partial charge in [0.1, 0.15) is 0 Å². The molecule has 0 aliphatic heterocycles. The van der Waals surface area contributed by atoms with Gasteiger partial charge >= 0.3 is 0 Å². The van der Waals surface area contributed by atoms with Gasteiger partial charge in [0.05, 0.1) is 0 Å². The van der Waals surface area contributed by atoms with Crippen molar-refractivity contribution in [3.05, 3.63) is 57.8 Å². The minimum Gasteiger partial charge on any atom is -0.309 e. The monoisotopic (exact) mass is 271 g/mol. The van der Waals surface area contributed by atoms with Crippen molar-refractivity contribution in [2.75, 3.05) is 6.54 Å². The smallest absolute Gasteiger partial charge is 0.0331 e. The van der Waals surface area contributed by atoms with Crippen molar-refractivity contribution in [1.82, 2.24) is 5.32 Å². The van der Waals surface area contributed by atoms with E-state index in [1.807, 2.05) is 11.3 Å².